The maximum Gasteiger partial charge on any atom is 0.387 e. The molecule has 1 rings (SSSR count). The first-order valence-electron chi connectivity index (χ1n) is 5.40. The van der Waals surface area contributed by atoms with Gasteiger partial charge >= 0.3 is 12.6 Å². The van der Waals surface area contributed by atoms with Crippen molar-refractivity contribution in [2.75, 3.05) is 7.11 Å². The van der Waals surface area contributed by atoms with E-state index in [4.69, 9.17) is 14.6 Å². The van der Waals surface area contributed by atoms with Crippen LogP contribution in [-0.2, 0) is 16.1 Å². The molecule has 7 heteroatoms. The summed E-state index contributed by atoms with van der Waals surface area (Å²) in [6, 6.07) is 4.26. The number of benzene rings is 1. The van der Waals surface area contributed by atoms with E-state index >= 15 is 0 Å². The molecule has 0 bridgehead atoms. The lowest BCUT2D eigenvalue weighted by atomic mass is 10.2. The smallest absolute Gasteiger partial charge is 0.387 e. The number of methoxy groups -OCH3 is 1. The van der Waals surface area contributed by atoms with Crippen LogP contribution < -0.4 is 9.47 Å². The van der Waals surface area contributed by atoms with E-state index in [2.05, 4.69) is 4.74 Å². The summed E-state index contributed by atoms with van der Waals surface area (Å²) in [6.07, 6.45) is -0.956. The van der Waals surface area contributed by atoms with Crippen LogP contribution in [0.3, 0.4) is 0 Å². The van der Waals surface area contributed by atoms with Crippen molar-refractivity contribution in [2.45, 2.75) is 26.2 Å². The van der Waals surface area contributed by atoms with Gasteiger partial charge in [0.2, 0.25) is 0 Å². The molecule has 5 nitrogen and oxygen atoms in total. The Bertz CT molecular complexity index is 436. The first-order chi connectivity index (χ1) is 8.93. The number of rotatable bonds is 7. The molecule has 19 heavy (non-hydrogen) atoms. The molecule has 0 aliphatic rings. The fraction of sp³-hybridized carbons (Fsp3) is 0.417. The fourth-order valence-corrected chi connectivity index (χ4v) is 1.29. The van der Waals surface area contributed by atoms with Crippen LogP contribution in [0.25, 0.3) is 0 Å². The van der Waals surface area contributed by atoms with E-state index in [0.717, 1.165) is 0 Å². The molecule has 0 heterocycles. The molecule has 0 saturated heterocycles. The van der Waals surface area contributed by atoms with Gasteiger partial charge in [-0.3, -0.25) is 0 Å². The third kappa shape index (κ3) is 4.70. The average molecular weight is 276 g/mol. The molecule has 0 fully saturated rings. The lowest BCUT2D eigenvalue weighted by Crippen LogP contribution is -2.19. The van der Waals surface area contributed by atoms with Gasteiger partial charge in [0.1, 0.15) is 0 Å². The van der Waals surface area contributed by atoms with E-state index in [-0.39, 0.29) is 18.1 Å². The number of carboxylic acid groups (broad SMARTS) is 1. The molecule has 0 radical (unpaired) electrons. The van der Waals surface area contributed by atoms with Crippen LogP contribution in [0.2, 0.25) is 0 Å². The van der Waals surface area contributed by atoms with Crippen molar-refractivity contribution in [3.8, 4) is 11.5 Å². The van der Waals surface area contributed by atoms with Gasteiger partial charge in [-0.1, -0.05) is 6.07 Å². The van der Waals surface area contributed by atoms with E-state index < -0.39 is 18.7 Å². The van der Waals surface area contributed by atoms with Crippen LogP contribution in [0, 0.1) is 0 Å². The summed E-state index contributed by atoms with van der Waals surface area (Å²) >= 11 is 0. The maximum absolute atomic E-state index is 12.1. The third-order valence-electron chi connectivity index (χ3n) is 2.29. The molecule has 0 spiro atoms. The number of alkyl halides is 2. The fourth-order valence-electron chi connectivity index (χ4n) is 1.29. The first-order valence-corrected chi connectivity index (χ1v) is 5.40. The summed E-state index contributed by atoms with van der Waals surface area (Å²) in [6.45, 7) is -1.52. The number of halogens is 2. The van der Waals surface area contributed by atoms with E-state index in [1.807, 2.05) is 0 Å². The minimum absolute atomic E-state index is 0.0266. The second kappa shape index (κ2) is 6.89. The second-order valence-electron chi connectivity index (χ2n) is 3.66. The van der Waals surface area contributed by atoms with Crippen LogP contribution in [0.1, 0.15) is 12.5 Å². The van der Waals surface area contributed by atoms with E-state index in [1.54, 1.807) is 0 Å². The Morgan fingerprint density at radius 3 is 2.58 bits per heavy atom. The molecule has 0 aromatic heterocycles. The summed E-state index contributed by atoms with van der Waals surface area (Å²) in [5.74, 6) is -1.04. The number of carboxylic acids is 1. The number of hydrogen-bond donors (Lipinski definition) is 1. The molecule has 1 N–H and O–H groups in total. The Morgan fingerprint density at radius 2 is 2.05 bits per heavy atom. The standard InChI is InChI=1S/C12H14F2O5/c1-7(11(15)16)18-6-8-3-4-9(19-12(13)14)10(5-8)17-2/h3-5,7,12H,6H2,1-2H3,(H,15,16)/t7-/m0/s1. The van der Waals surface area contributed by atoms with Crippen molar-refractivity contribution in [3.63, 3.8) is 0 Å². The van der Waals surface area contributed by atoms with Crippen molar-refractivity contribution in [3.05, 3.63) is 23.8 Å². The van der Waals surface area contributed by atoms with Gasteiger partial charge in [0.15, 0.2) is 17.6 Å². The van der Waals surface area contributed by atoms with Gasteiger partial charge in [-0.15, -0.1) is 0 Å². The number of ether oxygens (including phenoxy) is 3. The third-order valence-corrected chi connectivity index (χ3v) is 2.29. The molecule has 0 aliphatic carbocycles. The lowest BCUT2D eigenvalue weighted by Gasteiger charge is -2.12. The van der Waals surface area contributed by atoms with Gasteiger partial charge in [0.05, 0.1) is 13.7 Å². The van der Waals surface area contributed by atoms with Crippen molar-refractivity contribution < 1.29 is 32.9 Å². The SMILES string of the molecule is COc1cc(CO[C@@H](C)C(=O)O)ccc1OC(F)F. The zero-order valence-corrected chi connectivity index (χ0v) is 10.4. The zero-order chi connectivity index (χ0) is 14.4. The summed E-state index contributed by atoms with van der Waals surface area (Å²) in [7, 11) is 1.32. The number of hydrogen-bond acceptors (Lipinski definition) is 4. The molecule has 1 aromatic carbocycles. The molecule has 0 amide bonds. The quantitative estimate of drug-likeness (QED) is 0.827. The van der Waals surface area contributed by atoms with Crippen LogP contribution in [0.4, 0.5) is 8.78 Å². The highest BCUT2D eigenvalue weighted by Gasteiger charge is 2.13. The number of carbonyl (C=O) groups is 1. The summed E-state index contributed by atoms with van der Waals surface area (Å²) in [4.78, 5) is 10.6. The molecular weight excluding hydrogens is 262 g/mol. The predicted molar refractivity (Wildman–Crippen MR) is 61.5 cm³/mol. The summed E-state index contributed by atoms with van der Waals surface area (Å²) in [5, 5.41) is 8.65. The average Bonchev–Trinajstić information content (AvgIpc) is 2.36. The van der Waals surface area contributed by atoms with Crippen molar-refractivity contribution >= 4 is 5.97 Å². The van der Waals surface area contributed by atoms with Gasteiger partial charge in [0, 0.05) is 0 Å². The summed E-state index contributed by atoms with van der Waals surface area (Å²) < 4.78 is 38.5. The molecular formula is C12H14F2O5. The molecule has 1 aromatic rings. The Hall–Kier alpha value is -1.89. The molecule has 0 saturated carbocycles. The highest BCUT2D eigenvalue weighted by atomic mass is 19.3. The minimum Gasteiger partial charge on any atom is -0.493 e. The highest BCUT2D eigenvalue weighted by molar-refractivity contribution is 5.71. The zero-order valence-electron chi connectivity index (χ0n) is 10.4. The molecule has 1 atom stereocenters. The Labute approximate surface area is 108 Å². The molecule has 106 valence electrons. The lowest BCUT2D eigenvalue weighted by molar-refractivity contribution is -0.149. The van der Waals surface area contributed by atoms with Crippen molar-refractivity contribution in [1.82, 2.24) is 0 Å². The van der Waals surface area contributed by atoms with Crippen LogP contribution in [0.5, 0.6) is 11.5 Å². The van der Waals surface area contributed by atoms with Gasteiger partial charge in [-0.25, -0.2) is 4.79 Å². The van der Waals surface area contributed by atoms with E-state index in [0.29, 0.717) is 5.56 Å². The largest absolute Gasteiger partial charge is 0.493 e. The van der Waals surface area contributed by atoms with E-state index in [9.17, 15) is 13.6 Å². The number of aliphatic carboxylic acids is 1. The van der Waals surface area contributed by atoms with E-state index in [1.165, 1.54) is 32.2 Å². The minimum atomic E-state index is -2.94. The normalized spacial score (nSPS) is 12.3. The maximum atomic E-state index is 12.1. The van der Waals surface area contributed by atoms with Gasteiger partial charge in [-0.2, -0.15) is 8.78 Å². The van der Waals surface area contributed by atoms with Crippen molar-refractivity contribution in [1.29, 1.82) is 0 Å². The Balaban J connectivity index is 2.73. The topological polar surface area (TPSA) is 65.0 Å². The Kier molecular flexibility index (Phi) is 5.50. The first kappa shape index (κ1) is 15.2. The van der Waals surface area contributed by atoms with Crippen LogP contribution >= 0.6 is 0 Å². The molecule has 0 unspecified atom stereocenters. The van der Waals surface area contributed by atoms with Gasteiger partial charge in [0.25, 0.3) is 0 Å². The monoisotopic (exact) mass is 276 g/mol. The predicted octanol–water partition coefficient (Wildman–Crippen LogP) is 2.29. The summed E-state index contributed by atoms with van der Waals surface area (Å²) in [5.41, 5.74) is 0.589. The van der Waals surface area contributed by atoms with Crippen molar-refractivity contribution in [2.24, 2.45) is 0 Å². The Morgan fingerprint density at radius 1 is 1.37 bits per heavy atom. The molecule has 0 aliphatic heterocycles. The van der Waals surface area contributed by atoms with Gasteiger partial charge in [-0.05, 0) is 24.6 Å². The van der Waals surface area contributed by atoms with Crippen LogP contribution in [-0.4, -0.2) is 30.9 Å². The second-order valence-corrected chi connectivity index (χ2v) is 3.66. The van der Waals surface area contributed by atoms with Gasteiger partial charge < -0.3 is 19.3 Å². The highest BCUT2D eigenvalue weighted by Crippen LogP contribution is 2.29. The van der Waals surface area contributed by atoms with Crippen LogP contribution in [0.15, 0.2) is 18.2 Å².